The van der Waals surface area contributed by atoms with E-state index < -0.39 is 12.1 Å². The molecule has 0 radical (unpaired) electrons. The third-order valence-corrected chi connectivity index (χ3v) is 2.45. The van der Waals surface area contributed by atoms with Gasteiger partial charge < -0.3 is 10.2 Å². The molecule has 0 amide bonds. The van der Waals surface area contributed by atoms with Crippen LogP contribution in [0.1, 0.15) is 19.8 Å². The number of aliphatic hydroxyl groups is 1. The maximum Gasteiger partial charge on any atom is 0.333 e. The molecule has 0 bridgehead atoms. The van der Waals surface area contributed by atoms with Crippen LogP contribution in [0.5, 0.6) is 0 Å². The van der Waals surface area contributed by atoms with Crippen LogP contribution >= 0.6 is 0 Å². The molecular formula is C9H17NO3. The maximum atomic E-state index is 10.3. The van der Waals surface area contributed by atoms with E-state index in [9.17, 15) is 4.79 Å². The number of carbonyl (C=O) groups is 1. The molecule has 1 unspecified atom stereocenters. The molecule has 1 rings (SSSR count). The molecule has 76 valence electrons. The Kier molecular flexibility index (Phi) is 3.69. The molecular weight excluding hydrogens is 170 g/mol. The SMILES string of the molecule is CCCC1CN(CC(O)C(=O)O)C1. The zero-order valence-electron chi connectivity index (χ0n) is 7.94. The number of aliphatic carboxylic acids is 1. The van der Waals surface area contributed by atoms with Gasteiger partial charge in [-0.1, -0.05) is 13.3 Å². The Bertz CT molecular complexity index is 178. The highest BCUT2D eigenvalue weighted by Crippen LogP contribution is 2.20. The highest BCUT2D eigenvalue weighted by molar-refractivity contribution is 5.72. The first-order chi connectivity index (χ1) is 6.13. The summed E-state index contributed by atoms with van der Waals surface area (Å²) >= 11 is 0. The Morgan fingerprint density at radius 3 is 2.69 bits per heavy atom. The van der Waals surface area contributed by atoms with Crippen molar-refractivity contribution in [2.45, 2.75) is 25.9 Å². The minimum Gasteiger partial charge on any atom is -0.479 e. The fourth-order valence-electron chi connectivity index (χ4n) is 1.74. The Morgan fingerprint density at radius 1 is 1.62 bits per heavy atom. The number of aliphatic hydroxyl groups excluding tert-OH is 1. The van der Waals surface area contributed by atoms with E-state index in [1.54, 1.807) is 0 Å². The van der Waals surface area contributed by atoms with Gasteiger partial charge in [0.1, 0.15) is 0 Å². The second kappa shape index (κ2) is 4.58. The van der Waals surface area contributed by atoms with E-state index in [-0.39, 0.29) is 6.54 Å². The van der Waals surface area contributed by atoms with Crippen LogP contribution in [0.15, 0.2) is 0 Å². The molecule has 1 saturated heterocycles. The molecule has 0 aromatic rings. The lowest BCUT2D eigenvalue weighted by atomic mass is 9.95. The third kappa shape index (κ3) is 2.97. The molecule has 4 heteroatoms. The van der Waals surface area contributed by atoms with Crippen LogP contribution in [0.4, 0.5) is 0 Å². The van der Waals surface area contributed by atoms with Crippen LogP contribution < -0.4 is 0 Å². The monoisotopic (exact) mass is 187 g/mol. The minimum absolute atomic E-state index is 0.273. The number of nitrogens with zero attached hydrogens (tertiary/aromatic N) is 1. The van der Waals surface area contributed by atoms with Crippen molar-refractivity contribution in [3.63, 3.8) is 0 Å². The Morgan fingerprint density at radius 2 is 2.23 bits per heavy atom. The summed E-state index contributed by atoms with van der Waals surface area (Å²) in [6, 6.07) is 0. The molecule has 1 heterocycles. The summed E-state index contributed by atoms with van der Waals surface area (Å²) in [5.41, 5.74) is 0. The van der Waals surface area contributed by atoms with Gasteiger partial charge in [-0.3, -0.25) is 4.90 Å². The summed E-state index contributed by atoms with van der Waals surface area (Å²) < 4.78 is 0. The summed E-state index contributed by atoms with van der Waals surface area (Å²) in [5, 5.41) is 17.5. The Hall–Kier alpha value is -0.610. The highest BCUT2D eigenvalue weighted by Gasteiger charge is 2.28. The number of hydrogen-bond acceptors (Lipinski definition) is 3. The number of hydrogen-bond donors (Lipinski definition) is 2. The van der Waals surface area contributed by atoms with Crippen molar-refractivity contribution >= 4 is 5.97 Å². The standard InChI is InChI=1S/C9H17NO3/c1-2-3-7-4-10(5-7)6-8(11)9(12)13/h7-8,11H,2-6H2,1H3,(H,12,13). The van der Waals surface area contributed by atoms with Gasteiger partial charge in [-0.25, -0.2) is 4.79 Å². The van der Waals surface area contributed by atoms with Crippen molar-refractivity contribution in [2.75, 3.05) is 19.6 Å². The number of carboxylic acids is 1. The van der Waals surface area contributed by atoms with E-state index in [4.69, 9.17) is 10.2 Å². The number of β-amino-alcohol motifs (C(OH)–C–C–N with tert-alkyl or cyclic N) is 1. The van der Waals surface area contributed by atoms with Gasteiger partial charge in [-0.05, 0) is 12.3 Å². The van der Waals surface area contributed by atoms with Gasteiger partial charge >= 0.3 is 5.97 Å². The average Bonchev–Trinajstić information content (AvgIpc) is 2.00. The van der Waals surface area contributed by atoms with Crippen LogP contribution in [0.2, 0.25) is 0 Å². The van der Waals surface area contributed by atoms with Crippen LogP contribution in [0.3, 0.4) is 0 Å². The maximum absolute atomic E-state index is 10.3. The molecule has 13 heavy (non-hydrogen) atoms. The zero-order chi connectivity index (χ0) is 9.84. The Labute approximate surface area is 78.2 Å². The van der Waals surface area contributed by atoms with Crippen molar-refractivity contribution in [1.82, 2.24) is 4.90 Å². The number of rotatable bonds is 5. The van der Waals surface area contributed by atoms with E-state index in [0.717, 1.165) is 13.1 Å². The molecule has 4 nitrogen and oxygen atoms in total. The molecule has 0 aromatic carbocycles. The van der Waals surface area contributed by atoms with Crippen LogP contribution in [0.25, 0.3) is 0 Å². The van der Waals surface area contributed by atoms with Crippen molar-refractivity contribution in [3.05, 3.63) is 0 Å². The fourth-order valence-corrected chi connectivity index (χ4v) is 1.74. The predicted molar refractivity (Wildman–Crippen MR) is 48.5 cm³/mol. The molecule has 0 aromatic heterocycles. The van der Waals surface area contributed by atoms with Gasteiger partial charge in [0.2, 0.25) is 0 Å². The van der Waals surface area contributed by atoms with E-state index in [1.165, 1.54) is 12.8 Å². The number of carboxylic acid groups (broad SMARTS) is 1. The van der Waals surface area contributed by atoms with Gasteiger partial charge in [-0.15, -0.1) is 0 Å². The average molecular weight is 187 g/mol. The van der Waals surface area contributed by atoms with Crippen LogP contribution in [-0.4, -0.2) is 46.8 Å². The van der Waals surface area contributed by atoms with Crippen LogP contribution in [-0.2, 0) is 4.79 Å². The van der Waals surface area contributed by atoms with Crippen molar-refractivity contribution in [3.8, 4) is 0 Å². The molecule has 1 fully saturated rings. The van der Waals surface area contributed by atoms with Crippen LogP contribution in [0, 0.1) is 5.92 Å². The predicted octanol–water partition coefficient (Wildman–Crippen LogP) is 0.164. The summed E-state index contributed by atoms with van der Waals surface area (Å²) in [7, 11) is 0. The first kappa shape index (κ1) is 10.5. The summed E-state index contributed by atoms with van der Waals surface area (Å²) in [5.74, 6) is -0.412. The fraction of sp³-hybridized carbons (Fsp3) is 0.889. The highest BCUT2D eigenvalue weighted by atomic mass is 16.4. The first-order valence-electron chi connectivity index (χ1n) is 4.76. The van der Waals surface area contributed by atoms with Gasteiger partial charge in [0, 0.05) is 19.6 Å². The zero-order valence-corrected chi connectivity index (χ0v) is 7.94. The molecule has 1 atom stereocenters. The van der Waals surface area contributed by atoms with Crippen molar-refractivity contribution < 1.29 is 15.0 Å². The van der Waals surface area contributed by atoms with E-state index in [2.05, 4.69) is 6.92 Å². The summed E-state index contributed by atoms with van der Waals surface area (Å²) in [6.45, 7) is 4.31. The smallest absolute Gasteiger partial charge is 0.333 e. The first-order valence-corrected chi connectivity index (χ1v) is 4.76. The summed E-state index contributed by atoms with van der Waals surface area (Å²) in [6.07, 6.45) is 1.17. The molecule has 0 saturated carbocycles. The van der Waals surface area contributed by atoms with E-state index in [0.29, 0.717) is 5.92 Å². The third-order valence-electron chi connectivity index (χ3n) is 2.45. The molecule has 2 N–H and O–H groups in total. The summed E-state index contributed by atoms with van der Waals surface area (Å²) in [4.78, 5) is 12.3. The van der Waals surface area contributed by atoms with Crippen molar-refractivity contribution in [1.29, 1.82) is 0 Å². The second-order valence-corrected chi connectivity index (χ2v) is 3.73. The van der Waals surface area contributed by atoms with Gasteiger partial charge in [-0.2, -0.15) is 0 Å². The minimum atomic E-state index is -1.22. The van der Waals surface area contributed by atoms with Crippen molar-refractivity contribution in [2.24, 2.45) is 5.92 Å². The lowest BCUT2D eigenvalue weighted by Crippen LogP contribution is -2.50. The lowest BCUT2D eigenvalue weighted by molar-refractivity contribution is -0.148. The molecule has 0 aliphatic carbocycles. The quantitative estimate of drug-likeness (QED) is 0.644. The molecule has 0 spiro atoms. The van der Waals surface area contributed by atoms with Gasteiger partial charge in [0.05, 0.1) is 0 Å². The molecule has 1 aliphatic heterocycles. The van der Waals surface area contributed by atoms with Gasteiger partial charge in [0.25, 0.3) is 0 Å². The van der Waals surface area contributed by atoms with Gasteiger partial charge in [0.15, 0.2) is 6.10 Å². The lowest BCUT2D eigenvalue weighted by Gasteiger charge is -2.39. The molecule has 1 aliphatic rings. The topological polar surface area (TPSA) is 60.8 Å². The van der Waals surface area contributed by atoms with E-state index in [1.807, 2.05) is 4.90 Å². The Balaban J connectivity index is 2.11. The largest absolute Gasteiger partial charge is 0.479 e. The number of likely N-dealkylation sites (tertiary alicyclic amines) is 1. The normalized spacial score (nSPS) is 21.1. The second-order valence-electron chi connectivity index (χ2n) is 3.73. The van der Waals surface area contributed by atoms with E-state index >= 15 is 0 Å².